The number of nitrogens with one attached hydrogen (secondary N) is 2. The highest BCUT2D eigenvalue weighted by molar-refractivity contribution is 5.96. The fourth-order valence-electron chi connectivity index (χ4n) is 2.69. The SMILES string of the molecule is CNC(=O)c1nc(-c2cccc(CNCc3cccc(F)c3F)c2)cnc1N. The van der Waals surface area contributed by atoms with Gasteiger partial charge in [-0.25, -0.2) is 18.7 Å². The van der Waals surface area contributed by atoms with E-state index in [2.05, 4.69) is 20.6 Å². The van der Waals surface area contributed by atoms with E-state index in [4.69, 9.17) is 5.73 Å². The fourth-order valence-corrected chi connectivity index (χ4v) is 2.69. The molecule has 28 heavy (non-hydrogen) atoms. The standard InChI is InChI=1S/C20H19F2N5O/c1-24-20(28)18-19(23)26-11-16(27-18)13-5-2-4-12(8-13)9-25-10-14-6-3-7-15(21)17(14)22/h2-8,11,25H,9-10H2,1H3,(H2,23,26)(H,24,28). The maximum Gasteiger partial charge on any atom is 0.273 e. The number of carbonyl (C=O) groups excluding carboxylic acids is 1. The van der Waals surface area contributed by atoms with Crippen LogP contribution in [0.25, 0.3) is 11.3 Å². The highest BCUT2D eigenvalue weighted by atomic mass is 19.2. The molecule has 1 heterocycles. The maximum absolute atomic E-state index is 13.7. The predicted molar refractivity (Wildman–Crippen MR) is 102 cm³/mol. The Morgan fingerprint density at radius 1 is 1.14 bits per heavy atom. The summed E-state index contributed by atoms with van der Waals surface area (Å²) in [6.07, 6.45) is 1.50. The van der Waals surface area contributed by atoms with Gasteiger partial charge >= 0.3 is 0 Å². The van der Waals surface area contributed by atoms with Crippen LogP contribution >= 0.6 is 0 Å². The van der Waals surface area contributed by atoms with Crippen molar-refractivity contribution in [3.63, 3.8) is 0 Å². The first-order chi connectivity index (χ1) is 13.5. The molecule has 0 radical (unpaired) electrons. The normalized spacial score (nSPS) is 10.7. The molecule has 144 valence electrons. The first-order valence-corrected chi connectivity index (χ1v) is 8.57. The summed E-state index contributed by atoms with van der Waals surface area (Å²) in [6, 6.07) is 11.5. The average molecular weight is 383 g/mol. The molecule has 6 nitrogen and oxygen atoms in total. The van der Waals surface area contributed by atoms with Crippen molar-refractivity contribution in [1.29, 1.82) is 0 Å². The minimum absolute atomic E-state index is 0.0537. The van der Waals surface area contributed by atoms with Crippen LogP contribution in [0.3, 0.4) is 0 Å². The Morgan fingerprint density at radius 2 is 1.93 bits per heavy atom. The first kappa shape index (κ1) is 19.4. The van der Waals surface area contributed by atoms with Gasteiger partial charge in [-0.05, 0) is 17.7 Å². The fraction of sp³-hybridized carbons (Fsp3) is 0.150. The number of benzene rings is 2. The predicted octanol–water partition coefficient (Wildman–Crippen LogP) is 2.65. The molecule has 0 atom stereocenters. The maximum atomic E-state index is 13.7. The van der Waals surface area contributed by atoms with E-state index < -0.39 is 17.5 Å². The van der Waals surface area contributed by atoms with Gasteiger partial charge in [-0.2, -0.15) is 0 Å². The molecule has 1 amide bonds. The van der Waals surface area contributed by atoms with E-state index in [1.807, 2.05) is 24.3 Å². The molecule has 8 heteroatoms. The zero-order valence-electron chi connectivity index (χ0n) is 15.2. The smallest absolute Gasteiger partial charge is 0.273 e. The number of hydrogen-bond donors (Lipinski definition) is 3. The van der Waals surface area contributed by atoms with E-state index >= 15 is 0 Å². The van der Waals surface area contributed by atoms with Crippen LogP contribution in [0.2, 0.25) is 0 Å². The van der Waals surface area contributed by atoms with E-state index in [0.29, 0.717) is 12.2 Å². The van der Waals surface area contributed by atoms with Crippen LogP contribution in [-0.4, -0.2) is 22.9 Å². The van der Waals surface area contributed by atoms with Crippen LogP contribution < -0.4 is 16.4 Å². The molecule has 0 bridgehead atoms. The number of rotatable bonds is 6. The van der Waals surface area contributed by atoms with Crippen molar-refractivity contribution in [2.45, 2.75) is 13.1 Å². The molecule has 1 aromatic heterocycles. The quantitative estimate of drug-likeness (QED) is 0.609. The van der Waals surface area contributed by atoms with Gasteiger partial charge in [0.05, 0.1) is 11.9 Å². The average Bonchev–Trinajstić information content (AvgIpc) is 2.71. The molecule has 0 saturated carbocycles. The van der Waals surface area contributed by atoms with Crippen LogP contribution in [0.5, 0.6) is 0 Å². The molecule has 2 aromatic carbocycles. The lowest BCUT2D eigenvalue weighted by Gasteiger charge is -2.09. The van der Waals surface area contributed by atoms with Crippen LogP contribution in [0.4, 0.5) is 14.6 Å². The molecule has 0 saturated heterocycles. The van der Waals surface area contributed by atoms with E-state index in [1.165, 1.54) is 25.4 Å². The molecule has 3 aromatic rings. The van der Waals surface area contributed by atoms with Gasteiger partial charge in [0.1, 0.15) is 0 Å². The second-order valence-corrected chi connectivity index (χ2v) is 6.09. The second kappa shape index (κ2) is 8.53. The number of halogens is 2. The minimum Gasteiger partial charge on any atom is -0.382 e. The Labute approximate surface area is 160 Å². The molecule has 0 fully saturated rings. The number of nitrogens with zero attached hydrogens (tertiary/aromatic N) is 2. The molecular formula is C20H19F2N5O. The molecule has 0 aliphatic heterocycles. The summed E-state index contributed by atoms with van der Waals surface area (Å²) in [7, 11) is 1.49. The molecular weight excluding hydrogens is 364 g/mol. The number of aromatic nitrogens is 2. The number of hydrogen-bond acceptors (Lipinski definition) is 5. The highest BCUT2D eigenvalue weighted by Gasteiger charge is 2.13. The Hall–Kier alpha value is -3.39. The summed E-state index contributed by atoms with van der Waals surface area (Å²) in [5, 5.41) is 5.56. The Bertz CT molecular complexity index is 1010. The van der Waals surface area contributed by atoms with Crippen molar-refractivity contribution in [1.82, 2.24) is 20.6 Å². The van der Waals surface area contributed by atoms with E-state index in [-0.39, 0.29) is 23.6 Å². The van der Waals surface area contributed by atoms with Crippen LogP contribution in [0.1, 0.15) is 21.6 Å². The zero-order valence-corrected chi connectivity index (χ0v) is 15.2. The summed E-state index contributed by atoms with van der Waals surface area (Å²) in [6.45, 7) is 0.630. The van der Waals surface area contributed by atoms with Crippen LogP contribution in [0.15, 0.2) is 48.7 Å². The molecule has 3 rings (SSSR count). The van der Waals surface area contributed by atoms with Crippen molar-refractivity contribution in [2.24, 2.45) is 0 Å². The van der Waals surface area contributed by atoms with Gasteiger partial charge in [0.2, 0.25) is 0 Å². The third kappa shape index (κ3) is 4.29. The third-order valence-corrected chi connectivity index (χ3v) is 4.14. The van der Waals surface area contributed by atoms with Gasteiger partial charge in [0.25, 0.3) is 5.91 Å². The van der Waals surface area contributed by atoms with E-state index in [1.54, 1.807) is 0 Å². The van der Waals surface area contributed by atoms with Crippen molar-refractivity contribution < 1.29 is 13.6 Å². The number of nitrogens with two attached hydrogens (primary N) is 1. The summed E-state index contributed by atoms with van der Waals surface area (Å²) in [5.74, 6) is -2.07. The Kier molecular flexibility index (Phi) is 5.90. The highest BCUT2D eigenvalue weighted by Crippen LogP contribution is 2.20. The van der Waals surface area contributed by atoms with Crippen LogP contribution in [0, 0.1) is 11.6 Å². The molecule has 0 unspecified atom stereocenters. The lowest BCUT2D eigenvalue weighted by Crippen LogP contribution is -2.21. The molecule has 0 aliphatic carbocycles. The van der Waals surface area contributed by atoms with Gasteiger partial charge < -0.3 is 16.4 Å². The lowest BCUT2D eigenvalue weighted by atomic mass is 10.1. The Morgan fingerprint density at radius 3 is 2.71 bits per heavy atom. The van der Waals surface area contributed by atoms with Crippen molar-refractivity contribution in [2.75, 3.05) is 12.8 Å². The summed E-state index contributed by atoms with van der Waals surface area (Å²) >= 11 is 0. The number of anilines is 1. The zero-order chi connectivity index (χ0) is 20.1. The van der Waals surface area contributed by atoms with E-state index in [0.717, 1.165) is 17.2 Å². The second-order valence-electron chi connectivity index (χ2n) is 6.09. The largest absolute Gasteiger partial charge is 0.382 e. The first-order valence-electron chi connectivity index (χ1n) is 8.57. The minimum atomic E-state index is -0.866. The van der Waals surface area contributed by atoms with Crippen molar-refractivity contribution in [3.05, 3.63) is 77.1 Å². The molecule has 0 spiro atoms. The van der Waals surface area contributed by atoms with Gasteiger partial charge in [-0.15, -0.1) is 0 Å². The Balaban J connectivity index is 1.74. The van der Waals surface area contributed by atoms with Crippen molar-refractivity contribution >= 4 is 11.7 Å². The number of nitrogen functional groups attached to an aromatic ring is 1. The summed E-state index contributed by atoms with van der Waals surface area (Å²) < 4.78 is 27.0. The molecule has 4 N–H and O–H groups in total. The number of carbonyl (C=O) groups is 1. The summed E-state index contributed by atoms with van der Waals surface area (Å²) in [4.78, 5) is 20.2. The van der Waals surface area contributed by atoms with Gasteiger partial charge in [0.15, 0.2) is 23.1 Å². The van der Waals surface area contributed by atoms with Crippen LogP contribution in [-0.2, 0) is 13.1 Å². The topological polar surface area (TPSA) is 92.9 Å². The van der Waals surface area contributed by atoms with Gasteiger partial charge in [0, 0.05) is 31.3 Å². The summed E-state index contributed by atoms with van der Waals surface area (Å²) in [5.41, 5.74) is 8.21. The molecule has 0 aliphatic rings. The van der Waals surface area contributed by atoms with Gasteiger partial charge in [-0.1, -0.05) is 30.3 Å². The van der Waals surface area contributed by atoms with E-state index in [9.17, 15) is 13.6 Å². The number of amides is 1. The van der Waals surface area contributed by atoms with Gasteiger partial charge in [-0.3, -0.25) is 4.79 Å². The monoisotopic (exact) mass is 383 g/mol. The lowest BCUT2D eigenvalue weighted by molar-refractivity contribution is 0.0959. The third-order valence-electron chi connectivity index (χ3n) is 4.14. The van der Waals surface area contributed by atoms with Crippen molar-refractivity contribution in [3.8, 4) is 11.3 Å².